The number of aromatic amines is 1. The monoisotopic (exact) mass is 380 g/mol. The molecule has 1 unspecified atom stereocenters. The van der Waals surface area contributed by atoms with Crippen LogP contribution in [-0.4, -0.2) is 64.6 Å². The largest absolute Gasteiger partial charge is 0.379 e. The lowest BCUT2D eigenvalue weighted by molar-refractivity contribution is 0.0342. The number of hydrogen-bond acceptors (Lipinski definition) is 7. The predicted molar refractivity (Wildman–Crippen MR) is 104 cm³/mol. The highest BCUT2D eigenvalue weighted by molar-refractivity contribution is 5.58. The molecular weight excluding hydrogens is 356 g/mol. The molecule has 8 heteroatoms. The van der Waals surface area contributed by atoms with E-state index in [1.54, 1.807) is 0 Å². The van der Waals surface area contributed by atoms with E-state index in [-0.39, 0.29) is 0 Å². The quantitative estimate of drug-likeness (QED) is 0.700. The molecule has 2 fully saturated rings. The maximum absolute atomic E-state index is 5.45. The van der Waals surface area contributed by atoms with Crippen LogP contribution in [-0.2, 0) is 11.3 Å². The zero-order valence-corrected chi connectivity index (χ0v) is 15.7. The zero-order chi connectivity index (χ0) is 18.8. The lowest BCUT2D eigenvalue weighted by atomic mass is 10.1. The van der Waals surface area contributed by atoms with Gasteiger partial charge in [0.1, 0.15) is 0 Å². The summed E-state index contributed by atoms with van der Waals surface area (Å²) in [6.45, 7) is 6.56. The van der Waals surface area contributed by atoms with Gasteiger partial charge in [-0.2, -0.15) is 10.1 Å². The van der Waals surface area contributed by atoms with Crippen LogP contribution in [0.2, 0.25) is 0 Å². The predicted octanol–water partition coefficient (Wildman–Crippen LogP) is 2.04. The Morgan fingerprint density at radius 3 is 2.79 bits per heavy atom. The molecule has 8 nitrogen and oxygen atoms in total. The van der Waals surface area contributed by atoms with Gasteiger partial charge in [0.05, 0.1) is 13.2 Å². The molecule has 2 aliphatic heterocycles. The second-order valence-electron chi connectivity index (χ2n) is 7.41. The summed E-state index contributed by atoms with van der Waals surface area (Å²) >= 11 is 0. The van der Waals surface area contributed by atoms with Gasteiger partial charge >= 0.3 is 0 Å². The summed E-state index contributed by atoms with van der Waals surface area (Å²) in [7, 11) is 0. The van der Waals surface area contributed by atoms with Crippen molar-refractivity contribution in [3.05, 3.63) is 41.6 Å². The zero-order valence-electron chi connectivity index (χ0n) is 15.7. The maximum atomic E-state index is 5.45. The molecule has 0 bridgehead atoms. The fourth-order valence-corrected chi connectivity index (χ4v) is 3.80. The number of ether oxygens (including phenoxy) is 1. The van der Waals surface area contributed by atoms with Gasteiger partial charge in [-0.1, -0.05) is 29.4 Å². The van der Waals surface area contributed by atoms with Crippen molar-refractivity contribution in [2.45, 2.75) is 18.9 Å². The first-order valence-electron chi connectivity index (χ1n) is 9.85. The van der Waals surface area contributed by atoms with Crippen LogP contribution >= 0.6 is 0 Å². The van der Waals surface area contributed by atoms with Gasteiger partial charge in [-0.15, -0.1) is 0 Å². The van der Waals surface area contributed by atoms with Crippen LogP contribution in [0.5, 0.6) is 0 Å². The summed E-state index contributed by atoms with van der Waals surface area (Å²) in [6.07, 6.45) is 1.12. The molecule has 2 N–H and O–H groups in total. The Morgan fingerprint density at radius 2 is 2.00 bits per heavy atom. The van der Waals surface area contributed by atoms with Gasteiger partial charge in [0, 0.05) is 43.4 Å². The average Bonchev–Trinajstić information content (AvgIpc) is 3.49. The van der Waals surface area contributed by atoms with Gasteiger partial charge in [-0.3, -0.25) is 10.00 Å². The van der Waals surface area contributed by atoms with Crippen molar-refractivity contribution in [3.8, 4) is 23.0 Å². The maximum Gasteiger partial charge on any atom is 0.278 e. The Bertz CT molecular complexity index is 907. The third-order valence-electron chi connectivity index (χ3n) is 5.46. The highest BCUT2D eigenvalue weighted by Gasteiger charge is 2.21. The number of benzene rings is 1. The first kappa shape index (κ1) is 17.5. The third-order valence-corrected chi connectivity index (χ3v) is 5.46. The van der Waals surface area contributed by atoms with Gasteiger partial charge in [0.15, 0.2) is 5.69 Å². The highest BCUT2D eigenvalue weighted by Crippen LogP contribution is 2.26. The molecule has 5 rings (SSSR count). The van der Waals surface area contributed by atoms with Gasteiger partial charge < -0.3 is 14.6 Å². The molecule has 0 radical (unpaired) electrons. The van der Waals surface area contributed by atoms with Gasteiger partial charge in [-0.05, 0) is 24.6 Å². The molecule has 2 aliphatic rings. The summed E-state index contributed by atoms with van der Waals surface area (Å²) in [5.74, 6) is 1.50. The van der Waals surface area contributed by atoms with E-state index in [0.29, 0.717) is 23.3 Å². The van der Waals surface area contributed by atoms with E-state index >= 15 is 0 Å². The van der Waals surface area contributed by atoms with Crippen molar-refractivity contribution in [2.75, 3.05) is 39.4 Å². The Hall–Kier alpha value is -2.55. The van der Waals surface area contributed by atoms with Crippen LogP contribution in [0.1, 0.15) is 23.6 Å². The van der Waals surface area contributed by atoms with Crippen molar-refractivity contribution in [1.29, 1.82) is 0 Å². The first-order valence-corrected chi connectivity index (χ1v) is 9.85. The SMILES string of the molecule is c1cc(-c2noc(-c3cc(C4CCNC4)[nH]n3)n2)ccc1CN1CCOCC1. The van der Waals surface area contributed by atoms with Crippen molar-refractivity contribution in [2.24, 2.45) is 0 Å². The summed E-state index contributed by atoms with van der Waals surface area (Å²) in [5.41, 5.74) is 4.03. The van der Waals surface area contributed by atoms with Crippen LogP contribution in [0.25, 0.3) is 23.0 Å². The molecule has 146 valence electrons. The van der Waals surface area contributed by atoms with Crippen LogP contribution in [0, 0.1) is 0 Å². The Labute approximate surface area is 163 Å². The fourth-order valence-electron chi connectivity index (χ4n) is 3.80. The Kier molecular flexibility index (Phi) is 4.90. The van der Waals surface area contributed by atoms with E-state index in [4.69, 9.17) is 9.26 Å². The minimum atomic E-state index is 0.445. The average molecular weight is 380 g/mol. The standard InChI is InChI=1S/C20H24N6O2/c1-3-15(4-2-14(1)13-26-7-9-27-10-8-26)19-22-20(28-25-19)18-11-17(23-24-18)16-5-6-21-12-16/h1-4,11,16,21H,5-10,12-13H2,(H,23,24). The number of rotatable bonds is 5. The summed E-state index contributed by atoms with van der Waals surface area (Å²) in [6, 6.07) is 10.4. The smallest absolute Gasteiger partial charge is 0.278 e. The number of nitrogens with one attached hydrogen (secondary N) is 2. The number of nitrogens with zero attached hydrogens (tertiary/aromatic N) is 4. The highest BCUT2D eigenvalue weighted by atomic mass is 16.5. The van der Waals surface area contributed by atoms with Gasteiger partial charge in [0.2, 0.25) is 5.82 Å². The van der Waals surface area contributed by atoms with Gasteiger partial charge in [-0.25, -0.2) is 0 Å². The second kappa shape index (κ2) is 7.83. The minimum Gasteiger partial charge on any atom is -0.379 e. The molecule has 1 atom stereocenters. The lowest BCUT2D eigenvalue weighted by Gasteiger charge is -2.26. The molecule has 3 aromatic rings. The van der Waals surface area contributed by atoms with Crippen LogP contribution in [0.15, 0.2) is 34.9 Å². The van der Waals surface area contributed by atoms with Crippen molar-refractivity contribution in [3.63, 3.8) is 0 Å². The second-order valence-corrected chi connectivity index (χ2v) is 7.41. The Morgan fingerprint density at radius 1 is 1.14 bits per heavy atom. The van der Waals surface area contributed by atoms with Crippen molar-refractivity contribution < 1.29 is 9.26 Å². The fraction of sp³-hybridized carbons (Fsp3) is 0.450. The topological polar surface area (TPSA) is 92.1 Å². The molecular formula is C20H24N6O2. The van der Waals surface area contributed by atoms with E-state index in [1.165, 1.54) is 5.56 Å². The molecule has 1 aromatic carbocycles. The summed E-state index contributed by atoms with van der Waals surface area (Å²) in [4.78, 5) is 6.94. The first-order chi connectivity index (χ1) is 13.8. The van der Waals surface area contributed by atoms with E-state index in [9.17, 15) is 0 Å². The summed E-state index contributed by atoms with van der Waals surface area (Å²) < 4.78 is 10.9. The molecule has 2 saturated heterocycles. The minimum absolute atomic E-state index is 0.445. The molecule has 0 aliphatic carbocycles. The Balaban J connectivity index is 1.27. The third kappa shape index (κ3) is 3.71. The number of morpholine rings is 1. The van der Waals surface area contributed by atoms with E-state index in [2.05, 4.69) is 42.7 Å². The molecule has 2 aromatic heterocycles. The van der Waals surface area contributed by atoms with Crippen LogP contribution in [0.4, 0.5) is 0 Å². The van der Waals surface area contributed by atoms with Crippen LogP contribution < -0.4 is 5.32 Å². The van der Waals surface area contributed by atoms with E-state index in [0.717, 1.165) is 63.6 Å². The number of aromatic nitrogens is 4. The van der Waals surface area contributed by atoms with E-state index < -0.39 is 0 Å². The lowest BCUT2D eigenvalue weighted by Crippen LogP contribution is -2.35. The molecule has 4 heterocycles. The normalized spacial score (nSPS) is 20.6. The van der Waals surface area contributed by atoms with Gasteiger partial charge in [0.25, 0.3) is 5.89 Å². The molecule has 0 spiro atoms. The number of H-pyrrole nitrogens is 1. The number of hydrogen-bond donors (Lipinski definition) is 2. The van der Waals surface area contributed by atoms with Crippen LogP contribution in [0.3, 0.4) is 0 Å². The summed E-state index contributed by atoms with van der Waals surface area (Å²) in [5, 5.41) is 15.0. The molecule has 28 heavy (non-hydrogen) atoms. The van der Waals surface area contributed by atoms with Crippen molar-refractivity contribution >= 4 is 0 Å². The van der Waals surface area contributed by atoms with Crippen molar-refractivity contribution in [1.82, 2.24) is 30.6 Å². The molecule has 0 saturated carbocycles. The molecule has 0 amide bonds. The van der Waals surface area contributed by atoms with E-state index in [1.807, 2.05) is 18.2 Å².